The van der Waals surface area contributed by atoms with Crippen molar-refractivity contribution in [3.63, 3.8) is 0 Å². The van der Waals surface area contributed by atoms with Gasteiger partial charge in [-0.05, 0) is 36.5 Å². The summed E-state index contributed by atoms with van der Waals surface area (Å²) in [6.07, 6.45) is 0. The van der Waals surface area contributed by atoms with Gasteiger partial charge in [0.15, 0.2) is 5.11 Å². The molecule has 0 amide bonds. The Bertz CT molecular complexity index is 844. The van der Waals surface area contributed by atoms with E-state index in [0.717, 1.165) is 12.1 Å². The maximum atomic E-state index is 11.0. The number of anilines is 2. The van der Waals surface area contributed by atoms with Crippen LogP contribution >= 0.6 is 35.4 Å². The van der Waals surface area contributed by atoms with Crippen molar-refractivity contribution >= 4 is 63.3 Å². The minimum Gasteiger partial charge on any atom is -0.331 e. The minimum atomic E-state index is -0.746. The number of halogens is 2. The molecule has 0 spiro atoms. The molecule has 0 saturated carbocycles. The molecule has 130 valence electrons. The highest BCUT2D eigenvalue weighted by atomic mass is 35.5. The second kappa shape index (κ2) is 7.92. The lowest BCUT2D eigenvalue weighted by Crippen LogP contribution is -2.33. The van der Waals surface area contributed by atoms with E-state index in [1.54, 1.807) is 18.2 Å². The number of hydrogen-bond donors (Lipinski definition) is 3. The molecule has 3 N–H and O–H groups in total. The first-order valence-corrected chi connectivity index (χ1v) is 7.64. The number of hydrazine groups is 1. The first-order valence-electron chi connectivity index (χ1n) is 6.48. The maximum absolute atomic E-state index is 11.0. The molecule has 2 aromatic carbocycles. The number of nitro groups is 2. The van der Waals surface area contributed by atoms with E-state index in [0.29, 0.717) is 15.7 Å². The van der Waals surface area contributed by atoms with E-state index < -0.39 is 21.2 Å². The van der Waals surface area contributed by atoms with Gasteiger partial charge in [-0.1, -0.05) is 23.2 Å². The summed E-state index contributed by atoms with van der Waals surface area (Å²) in [6, 6.07) is 7.87. The van der Waals surface area contributed by atoms with Crippen LogP contribution in [-0.2, 0) is 0 Å². The van der Waals surface area contributed by atoms with Crippen LogP contribution in [0.15, 0.2) is 36.4 Å². The van der Waals surface area contributed by atoms with Gasteiger partial charge in [0.1, 0.15) is 5.69 Å². The normalized spacial score (nSPS) is 10.0. The van der Waals surface area contributed by atoms with Crippen LogP contribution < -0.4 is 16.2 Å². The monoisotopic (exact) mass is 401 g/mol. The highest BCUT2D eigenvalue weighted by Crippen LogP contribution is 2.28. The third-order valence-electron chi connectivity index (χ3n) is 2.82. The van der Waals surface area contributed by atoms with Gasteiger partial charge in [-0.3, -0.25) is 31.1 Å². The van der Waals surface area contributed by atoms with Crippen molar-refractivity contribution in [1.82, 2.24) is 5.43 Å². The molecule has 0 bridgehead atoms. The van der Waals surface area contributed by atoms with Crippen molar-refractivity contribution < 1.29 is 9.85 Å². The second-order valence-electron chi connectivity index (χ2n) is 4.58. The van der Waals surface area contributed by atoms with E-state index in [-0.39, 0.29) is 10.8 Å². The van der Waals surface area contributed by atoms with Gasteiger partial charge in [-0.2, -0.15) is 0 Å². The molecule has 2 rings (SSSR count). The Balaban J connectivity index is 2.08. The average molecular weight is 402 g/mol. The number of nitrogens with zero attached hydrogens (tertiary/aromatic N) is 2. The fraction of sp³-hybridized carbons (Fsp3) is 0. The molecule has 0 atom stereocenters. The number of benzene rings is 2. The smallest absolute Gasteiger partial charge is 0.300 e. The molecule has 0 aromatic heterocycles. The summed E-state index contributed by atoms with van der Waals surface area (Å²) in [7, 11) is 0. The fourth-order valence-electron chi connectivity index (χ4n) is 1.80. The van der Waals surface area contributed by atoms with E-state index in [1.165, 1.54) is 6.07 Å². The van der Waals surface area contributed by atoms with Gasteiger partial charge < -0.3 is 5.32 Å². The summed E-state index contributed by atoms with van der Waals surface area (Å²) in [4.78, 5) is 20.3. The van der Waals surface area contributed by atoms with Crippen LogP contribution in [0.5, 0.6) is 0 Å². The predicted molar refractivity (Wildman–Crippen MR) is 99.2 cm³/mol. The number of thiocarbonyl (C=S) groups is 1. The summed E-state index contributed by atoms with van der Waals surface area (Å²) in [6.45, 7) is 0. The maximum Gasteiger partial charge on any atom is 0.300 e. The first kappa shape index (κ1) is 18.6. The number of nitro benzene ring substituents is 2. The van der Waals surface area contributed by atoms with Gasteiger partial charge in [0.25, 0.3) is 5.69 Å². The number of non-ortho nitro benzene ring substituents is 1. The SMILES string of the molecule is O=[N+]([O-])c1ccc(NNC(=S)Nc2cc(Cl)cc(Cl)c2)c([N+](=O)[O-])c1. The lowest BCUT2D eigenvalue weighted by atomic mass is 10.2. The largest absolute Gasteiger partial charge is 0.331 e. The molecule has 0 radical (unpaired) electrons. The van der Waals surface area contributed by atoms with Gasteiger partial charge in [0.05, 0.1) is 15.9 Å². The predicted octanol–water partition coefficient (Wildman–Crippen LogP) is 4.12. The molecule has 12 heteroatoms. The van der Waals surface area contributed by atoms with E-state index in [9.17, 15) is 20.2 Å². The van der Waals surface area contributed by atoms with E-state index in [1.807, 2.05) is 0 Å². The summed E-state index contributed by atoms with van der Waals surface area (Å²) < 4.78 is 0. The van der Waals surface area contributed by atoms with Crippen LogP contribution in [0, 0.1) is 20.2 Å². The van der Waals surface area contributed by atoms with Gasteiger partial charge >= 0.3 is 5.69 Å². The second-order valence-corrected chi connectivity index (χ2v) is 5.86. The zero-order valence-electron chi connectivity index (χ0n) is 12.2. The third kappa shape index (κ3) is 5.14. The number of rotatable bonds is 5. The van der Waals surface area contributed by atoms with Crippen LogP contribution in [0.1, 0.15) is 0 Å². The molecule has 0 unspecified atom stereocenters. The van der Waals surface area contributed by atoms with Gasteiger partial charge in [0.2, 0.25) is 0 Å². The summed E-state index contributed by atoms with van der Waals surface area (Å²) in [5.74, 6) is 0. The van der Waals surface area contributed by atoms with Crippen molar-refractivity contribution in [1.29, 1.82) is 0 Å². The molecule has 0 aliphatic carbocycles. The molecule has 0 aliphatic rings. The highest BCUT2D eigenvalue weighted by molar-refractivity contribution is 7.80. The Hall–Kier alpha value is -2.69. The lowest BCUT2D eigenvalue weighted by Gasteiger charge is -2.13. The van der Waals surface area contributed by atoms with Crippen molar-refractivity contribution in [2.24, 2.45) is 0 Å². The highest BCUT2D eigenvalue weighted by Gasteiger charge is 2.19. The Labute approximate surface area is 156 Å². The quantitative estimate of drug-likeness (QED) is 0.388. The van der Waals surface area contributed by atoms with Crippen LogP contribution in [-0.4, -0.2) is 15.0 Å². The van der Waals surface area contributed by atoms with Crippen molar-refractivity contribution in [3.8, 4) is 0 Å². The van der Waals surface area contributed by atoms with E-state index in [2.05, 4.69) is 16.2 Å². The molecule has 25 heavy (non-hydrogen) atoms. The van der Waals surface area contributed by atoms with E-state index >= 15 is 0 Å². The van der Waals surface area contributed by atoms with Crippen LogP contribution in [0.25, 0.3) is 0 Å². The van der Waals surface area contributed by atoms with Crippen LogP contribution in [0.2, 0.25) is 10.0 Å². The van der Waals surface area contributed by atoms with Crippen molar-refractivity contribution in [3.05, 3.63) is 66.7 Å². The van der Waals surface area contributed by atoms with Crippen molar-refractivity contribution in [2.75, 3.05) is 10.7 Å². The van der Waals surface area contributed by atoms with Gasteiger partial charge in [0, 0.05) is 21.8 Å². The van der Waals surface area contributed by atoms with Crippen LogP contribution in [0.4, 0.5) is 22.7 Å². The fourth-order valence-corrected chi connectivity index (χ4v) is 2.50. The molecule has 0 heterocycles. The summed E-state index contributed by atoms with van der Waals surface area (Å²) in [5, 5.41) is 25.4. The Kier molecular flexibility index (Phi) is 5.91. The number of nitrogens with one attached hydrogen (secondary N) is 3. The lowest BCUT2D eigenvalue weighted by molar-refractivity contribution is -0.393. The molecule has 0 fully saturated rings. The summed E-state index contributed by atoms with van der Waals surface area (Å²) >= 11 is 16.8. The molecule has 9 nitrogen and oxygen atoms in total. The van der Waals surface area contributed by atoms with Crippen LogP contribution in [0.3, 0.4) is 0 Å². The zero-order valence-corrected chi connectivity index (χ0v) is 14.5. The van der Waals surface area contributed by atoms with Gasteiger partial charge in [-0.25, -0.2) is 0 Å². The average Bonchev–Trinajstić information content (AvgIpc) is 2.51. The molecule has 0 aliphatic heterocycles. The van der Waals surface area contributed by atoms with Gasteiger partial charge in [-0.15, -0.1) is 0 Å². The Morgan fingerprint density at radius 1 is 1.00 bits per heavy atom. The number of hydrogen-bond acceptors (Lipinski definition) is 6. The standard InChI is InChI=1S/C13H9Cl2N5O4S/c14-7-3-8(15)5-9(4-7)16-13(25)18-17-11-2-1-10(19(21)22)6-12(11)20(23)24/h1-6,17H,(H2,16,18,25). The minimum absolute atomic E-state index is 0.00359. The Morgan fingerprint density at radius 3 is 2.20 bits per heavy atom. The summed E-state index contributed by atoms with van der Waals surface area (Å²) in [5.41, 5.74) is 4.71. The Morgan fingerprint density at radius 2 is 1.64 bits per heavy atom. The van der Waals surface area contributed by atoms with E-state index in [4.69, 9.17) is 35.4 Å². The first-order chi connectivity index (χ1) is 11.8. The zero-order chi connectivity index (χ0) is 18.6. The molecule has 2 aromatic rings. The molecular weight excluding hydrogens is 393 g/mol. The topological polar surface area (TPSA) is 122 Å². The molecular formula is C13H9Cl2N5O4S. The molecule has 0 saturated heterocycles. The van der Waals surface area contributed by atoms with Crippen molar-refractivity contribution in [2.45, 2.75) is 0 Å². The third-order valence-corrected chi connectivity index (χ3v) is 3.46.